The highest BCUT2D eigenvalue weighted by Crippen LogP contribution is 2.21. The van der Waals surface area contributed by atoms with E-state index in [1.54, 1.807) is 23.9 Å². The molecule has 0 saturated carbocycles. The Morgan fingerprint density at radius 1 is 1.14 bits per heavy atom. The summed E-state index contributed by atoms with van der Waals surface area (Å²) in [7, 11) is -3.80. The summed E-state index contributed by atoms with van der Waals surface area (Å²) in [5, 5.41) is 8.24. The quantitative estimate of drug-likeness (QED) is 0.339. The third-order valence-electron chi connectivity index (χ3n) is 3.74. The van der Waals surface area contributed by atoms with Gasteiger partial charge in [-0.05, 0) is 67.6 Å². The number of primary sulfonamides is 1. The summed E-state index contributed by atoms with van der Waals surface area (Å²) < 4.78 is 27.6. The third-order valence-corrected chi connectivity index (χ3v) is 6.01. The average molecular weight is 457 g/mol. The van der Waals surface area contributed by atoms with Crippen molar-refractivity contribution in [3.8, 4) is 0 Å². The number of hydrogen-bond acceptors (Lipinski definition) is 6. The van der Waals surface area contributed by atoms with Crippen LogP contribution in [0.5, 0.6) is 0 Å². The summed E-state index contributed by atoms with van der Waals surface area (Å²) in [4.78, 5) is 25.0. The zero-order valence-corrected chi connectivity index (χ0v) is 18.0. The Bertz CT molecular complexity index is 948. The zero-order chi connectivity index (χ0) is 21.4. The second kappa shape index (κ2) is 10.6. The Balaban J connectivity index is 1.72. The number of halogens is 1. The molecule has 156 valence electrons. The van der Waals surface area contributed by atoms with Gasteiger partial charge in [-0.1, -0.05) is 11.6 Å². The van der Waals surface area contributed by atoms with E-state index in [4.69, 9.17) is 21.5 Å². The number of anilines is 1. The first-order chi connectivity index (χ1) is 13.6. The number of hydrogen-bond donors (Lipinski definition) is 2. The number of sulfonamides is 1. The van der Waals surface area contributed by atoms with Gasteiger partial charge in [0, 0.05) is 22.0 Å². The van der Waals surface area contributed by atoms with Crippen molar-refractivity contribution in [2.24, 2.45) is 5.14 Å². The molecule has 0 unspecified atom stereocenters. The van der Waals surface area contributed by atoms with Gasteiger partial charge in [-0.3, -0.25) is 9.59 Å². The van der Waals surface area contributed by atoms with Crippen LogP contribution in [0.15, 0.2) is 58.3 Å². The number of nitrogens with two attached hydrogens (primary N) is 1. The van der Waals surface area contributed by atoms with Crippen LogP contribution in [0.1, 0.15) is 19.8 Å². The monoisotopic (exact) mass is 456 g/mol. The zero-order valence-electron chi connectivity index (χ0n) is 15.6. The van der Waals surface area contributed by atoms with Gasteiger partial charge in [0.15, 0.2) is 6.10 Å². The lowest BCUT2D eigenvalue weighted by molar-refractivity contribution is -0.153. The minimum atomic E-state index is -3.80. The highest BCUT2D eigenvalue weighted by atomic mass is 35.5. The van der Waals surface area contributed by atoms with Crippen LogP contribution in [0.3, 0.4) is 0 Å². The van der Waals surface area contributed by atoms with E-state index in [-0.39, 0.29) is 11.3 Å². The van der Waals surface area contributed by atoms with Crippen molar-refractivity contribution >= 4 is 50.9 Å². The summed E-state index contributed by atoms with van der Waals surface area (Å²) >= 11 is 7.44. The lowest BCUT2D eigenvalue weighted by Crippen LogP contribution is -2.30. The molecule has 0 spiro atoms. The number of esters is 1. The first-order valence-corrected chi connectivity index (χ1v) is 11.6. The van der Waals surface area contributed by atoms with Gasteiger partial charge >= 0.3 is 5.97 Å². The molecule has 0 radical (unpaired) electrons. The average Bonchev–Trinajstić information content (AvgIpc) is 2.66. The van der Waals surface area contributed by atoms with Gasteiger partial charge in [-0.15, -0.1) is 11.8 Å². The van der Waals surface area contributed by atoms with Crippen molar-refractivity contribution in [1.82, 2.24) is 0 Å². The Labute approximate surface area is 179 Å². The van der Waals surface area contributed by atoms with Gasteiger partial charge in [0.1, 0.15) is 0 Å². The molecule has 7 nitrogen and oxygen atoms in total. The minimum Gasteiger partial charge on any atom is -0.453 e. The molecule has 1 amide bonds. The van der Waals surface area contributed by atoms with Crippen LogP contribution in [0.25, 0.3) is 0 Å². The molecular weight excluding hydrogens is 436 g/mol. The highest BCUT2D eigenvalue weighted by molar-refractivity contribution is 7.99. The van der Waals surface area contributed by atoms with Crippen LogP contribution < -0.4 is 10.5 Å². The first-order valence-electron chi connectivity index (χ1n) is 8.67. The van der Waals surface area contributed by atoms with Crippen LogP contribution in [0.2, 0.25) is 5.02 Å². The number of amides is 1. The second-order valence-electron chi connectivity index (χ2n) is 6.10. The fourth-order valence-corrected chi connectivity index (χ4v) is 3.71. The maximum absolute atomic E-state index is 12.1. The summed E-state index contributed by atoms with van der Waals surface area (Å²) in [6.07, 6.45) is -0.180. The van der Waals surface area contributed by atoms with E-state index < -0.39 is 28.0 Å². The van der Waals surface area contributed by atoms with Gasteiger partial charge in [-0.25, -0.2) is 13.6 Å². The van der Waals surface area contributed by atoms with E-state index >= 15 is 0 Å². The van der Waals surface area contributed by atoms with Crippen LogP contribution in [-0.4, -0.2) is 32.2 Å². The third kappa shape index (κ3) is 8.06. The molecule has 10 heteroatoms. The predicted octanol–water partition coefficient (Wildman–Crippen LogP) is 3.43. The number of rotatable bonds is 9. The molecule has 3 N–H and O–H groups in total. The topological polar surface area (TPSA) is 116 Å². The normalized spacial score (nSPS) is 12.2. The molecule has 0 aromatic heterocycles. The smallest absolute Gasteiger partial charge is 0.306 e. The van der Waals surface area contributed by atoms with E-state index in [1.165, 1.54) is 31.2 Å². The van der Waals surface area contributed by atoms with E-state index in [0.29, 0.717) is 17.1 Å². The Hall–Kier alpha value is -2.07. The van der Waals surface area contributed by atoms with Gasteiger partial charge < -0.3 is 10.1 Å². The number of thioether (sulfide) groups is 1. The Morgan fingerprint density at radius 2 is 1.76 bits per heavy atom. The SMILES string of the molecule is C[C@@H](OC(=O)CCCSc1ccc(Cl)cc1)C(=O)Nc1ccc(S(N)(=O)=O)cc1. The molecule has 0 aliphatic heterocycles. The highest BCUT2D eigenvalue weighted by Gasteiger charge is 2.18. The van der Waals surface area contributed by atoms with Gasteiger partial charge in [0.05, 0.1) is 4.90 Å². The molecule has 2 aromatic carbocycles. The molecule has 29 heavy (non-hydrogen) atoms. The van der Waals surface area contributed by atoms with E-state index in [1.807, 2.05) is 12.1 Å². The number of carbonyl (C=O) groups is 2. The molecule has 0 aliphatic carbocycles. The van der Waals surface area contributed by atoms with Crippen molar-refractivity contribution in [2.75, 3.05) is 11.1 Å². The van der Waals surface area contributed by atoms with Crippen LogP contribution >= 0.6 is 23.4 Å². The maximum Gasteiger partial charge on any atom is 0.306 e. The summed E-state index contributed by atoms with van der Waals surface area (Å²) in [6, 6.07) is 12.8. The first kappa shape index (κ1) is 23.2. The lowest BCUT2D eigenvalue weighted by atomic mass is 10.3. The van der Waals surface area contributed by atoms with Gasteiger partial charge in [0.2, 0.25) is 10.0 Å². The molecule has 2 aromatic rings. The van der Waals surface area contributed by atoms with Gasteiger partial charge in [0.25, 0.3) is 5.91 Å². The second-order valence-corrected chi connectivity index (χ2v) is 9.26. The molecule has 0 heterocycles. The van der Waals surface area contributed by atoms with Crippen LogP contribution in [0, 0.1) is 0 Å². The van der Waals surface area contributed by atoms with Crippen LogP contribution in [-0.2, 0) is 24.3 Å². The van der Waals surface area contributed by atoms with Gasteiger partial charge in [-0.2, -0.15) is 0 Å². The molecule has 0 bridgehead atoms. The largest absolute Gasteiger partial charge is 0.453 e. The number of carbonyl (C=O) groups excluding carboxylic acids is 2. The van der Waals surface area contributed by atoms with Crippen molar-refractivity contribution < 1.29 is 22.7 Å². The summed E-state index contributed by atoms with van der Waals surface area (Å²) in [5.74, 6) is -0.251. The standard InChI is InChI=1S/C19H21ClN2O5S2/c1-13(19(24)22-15-6-10-17(11-7-15)29(21,25)26)27-18(23)3-2-12-28-16-8-4-14(20)5-9-16/h4-11,13H,2-3,12H2,1H3,(H,22,24)(H2,21,25,26)/t13-/m1/s1. The van der Waals surface area contributed by atoms with Crippen molar-refractivity contribution in [3.05, 3.63) is 53.6 Å². The fraction of sp³-hybridized carbons (Fsp3) is 0.263. The summed E-state index contributed by atoms with van der Waals surface area (Å²) in [6.45, 7) is 1.47. The minimum absolute atomic E-state index is 0.0635. The summed E-state index contributed by atoms with van der Waals surface area (Å²) in [5.41, 5.74) is 0.365. The van der Waals surface area contributed by atoms with E-state index in [2.05, 4.69) is 5.32 Å². The molecule has 1 atom stereocenters. The van der Waals surface area contributed by atoms with Crippen molar-refractivity contribution in [1.29, 1.82) is 0 Å². The van der Waals surface area contributed by atoms with Crippen LogP contribution in [0.4, 0.5) is 5.69 Å². The molecule has 0 aliphatic rings. The molecule has 0 saturated heterocycles. The Kier molecular flexibility index (Phi) is 8.51. The fourth-order valence-electron chi connectivity index (χ4n) is 2.22. The Morgan fingerprint density at radius 3 is 2.34 bits per heavy atom. The van der Waals surface area contributed by atoms with Crippen molar-refractivity contribution in [2.45, 2.75) is 35.7 Å². The maximum atomic E-state index is 12.1. The number of benzene rings is 2. The number of nitrogens with one attached hydrogen (secondary N) is 1. The lowest BCUT2D eigenvalue weighted by Gasteiger charge is -2.13. The number of ether oxygens (including phenoxy) is 1. The molecule has 2 rings (SSSR count). The van der Waals surface area contributed by atoms with E-state index in [9.17, 15) is 18.0 Å². The predicted molar refractivity (Wildman–Crippen MR) is 113 cm³/mol. The molecule has 0 fully saturated rings. The van der Waals surface area contributed by atoms with Crippen molar-refractivity contribution in [3.63, 3.8) is 0 Å². The molecular formula is C19H21ClN2O5S2. The van der Waals surface area contributed by atoms with E-state index in [0.717, 1.165) is 10.6 Å².